The van der Waals surface area contributed by atoms with E-state index < -0.39 is 6.10 Å². The number of hydrogen-bond donors (Lipinski definition) is 2. The van der Waals surface area contributed by atoms with Crippen LogP contribution in [0, 0.1) is 0 Å². The number of carbonyl (C=O) groups excluding carboxylic acids is 1. The highest BCUT2D eigenvalue weighted by atomic mass is 16.5. The molecule has 44 heavy (non-hydrogen) atoms. The van der Waals surface area contributed by atoms with E-state index in [4.69, 9.17) is 9.72 Å². The van der Waals surface area contributed by atoms with Gasteiger partial charge in [0.25, 0.3) is 5.91 Å². The Morgan fingerprint density at radius 3 is 2.55 bits per heavy atom. The lowest BCUT2D eigenvalue weighted by Gasteiger charge is -2.43. The second-order valence-electron chi connectivity index (χ2n) is 12.9. The van der Waals surface area contributed by atoms with Gasteiger partial charge in [-0.05, 0) is 62.5 Å². The van der Waals surface area contributed by atoms with E-state index in [1.807, 2.05) is 24.1 Å². The number of piperidine rings is 2. The summed E-state index contributed by atoms with van der Waals surface area (Å²) in [4.78, 5) is 29.6. The second-order valence-corrected chi connectivity index (χ2v) is 12.9. The average Bonchev–Trinajstić information content (AvgIpc) is 3.72. The van der Waals surface area contributed by atoms with Crippen LogP contribution >= 0.6 is 0 Å². The number of hydrogen-bond acceptors (Lipinski definition) is 9. The molecule has 0 spiro atoms. The van der Waals surface area contributed by atoms with Crippen LogP contribution in [0.3, 0.4) is 0 Å². The number of nitrogens with zero attached hydrogens (tertiary/aromatic N) is 7. The third kappa shape index (κ3) is 6.39. The number of benzene rings is 1. The molecule has 0 bridgehead atoms. The number of aryl methyl sites for hydroxylation is 1. The van der Waals surface area contributed by atoms with Crippen molar-refractivity contribution in [2.24, 2.45) is 7.05 Å². The summed E-state index contributed by atoms with van der Waals surface area (Å²) in [6.45, 7) is 4.48. The van der Waals surface area contributed by atoms with Crippen molar-refractivity contribution in [3.05, 3.63) is 59.5 Å². The summed E-state index contributed by atoms with van der Waals surface area (Å²) < 4.78 is 8.03. The number of fused-ring (bicyclic) bond motifs is 1. The summed E-state index contributed by atoms with van der Waals surface area (Å²) in [6, 6.07) is 10.9. The Morgan fingerprint density at radius 2 is 1.80 bits per heavy atom. The number of aliphatic hydroxyl groups is 1. The summed E-state index contributed by atoms with van der Waals surface area (Å²) in [5.41, 5.74) is 4.20. The first-order chi connectivity index (χ1) is 21.5. The number of aromatic nitrogens is 4. The molecule has 11 nitrogen and oxygen atoms in total. The molecule has 5 heterocycles. The zero-order valence-corrected chi connectivity index (χ0v) is 25.6. The number of rotatable bonds is 7. The van der Waals surface area contributed by atoms with E-state index in [2.05, 4.69) is 49.5 Å². The van der Waals surface area contributed by atoms with Gasteiger partial charge in [-0.25, -0.2) is 0 Å². The van der Waals surface area contributed by atoms with E-state index in [-0.39, 0.29) is 30.1 Å². The van der Waals surface area contributed by atoms with Crippen LogP contribution in [0.5, 0.6) is 6.01 Å². The number of amides is 1. The first-order valence-electron chi connectivity index (χ1n) is 16.3. The standard InChI is InChI=1S/C33H44N8O3/c1-38-21-26(19-34-38)39-15-11-25(12-16-39)35-31-18-28(36-33(37-31)44-27-8-4-5-9-27)32(43)41-17-13-29(30(42)22-41)40-14-10-23-6-2-3-7-24(23)20-40/h2-3,6-7,18-19,21,25,27,29-30,42H,4-5,8-17,20,22H2,1H3,(H,35,36,37)/t29-,30-/m1/s1. The van der Waals surface area contributed by atoms with Gasteiger partial charge in [-0.15, -0.1) is 0 Å². The Balaban J connectivity index is 1.02. The fourth-order valence-corrected chi connectivity index (χ4v) is 7.37. The minimum atomic E-state index is -0.614. The van der Waals surface area contributed by atoms with Gasteiger partial charge in [-0.3, -0.25) is 14.4 Å². The Kier molecular flexibility index (Phi) is 8.40. The smallest absolute Gasteiger partial charge is 0.319 e. The number of nitrogens with one attached hydrogen (secondary N) is 1. The van der Waals surface area contributed by atoms with E-state index >= 15 is 0 Å². The number of aliphatic hydroxyl groups excluding tert-OH is 1. The zero-order valence-electron chi connectivity index (χ0n) is 25.6. The molecule has 4 aliphatic rings. The van der Waals surface area contributed by atoms with Crippen LogP contribution in [-0.2, 0) is 20.0 Å². The van der Waals surface area contributed by atoms with Crippen LogP contribution in [0.2, 0.25) is 0 Å². The molecule has 234 valence electrons. The van der Waals surface area contributed by atoms with Crippen molar-refractivity contribution < 1.29 is 14.6 Å². The summed E-state index contributed by atoms with van der Waals surface area (Å²) in [5, 5.41) is 19.1. The first kappa shape index (κ1) is 29.0. The molecule has 0 unspecified atom stereocenters. The largest absolute Gasteiger partial charge is 0.460 e. The molecule has 1 saturated carbocycles. The maximum atomic E-state index is 13.8. The van der Waals surface area contributed by atoms with E-state index in [9.17, 15) is 9.90 Å². The summed E-state index contributed by atoms with van der Waals surface area (Å²) >= 11 is 0. The van der Waals surface area contributed by atoms with Crippen molar-refractivity contribution in [3.8, 4) is 6.01 Å². The lowest BCUT2D eigenvalue weighted by molar-refractivity contribution is -0.0139. The molecule has 7 rings (SSSR count). The average molecular weight is 601 g/mol. The lowest BCUT2D eigenvalue weighted by Crippen LogP contribution is -2.56. The van der Waals surface area contributed by atoms with Crippen molar-refractivity contribution in [1.29, 1.82) is 0 Å². The third-order valence-corrected chi connectivity index (χ3v) is 9.87. The molecule has 3 aromatic rings. The molecular formula is C33H44N8O3. The van der Waals surface area contributed by atoms with Gasteiger partial charge in [0.05, 0.1) is 18.0 Å². The maximum absolute atomic E-state index is 13.8. The van der Waals surface area contributed by atoms with Crippen LogP contribution in [0.4, 0.5) is 11.5 Å². The molecule has 1 aliphatic carbocycles. The number of carbonyl (C=O) groups is 1. The van der Waals surface area contributed by atoms with Crippen molar-refractivity contribution in [2.45, 2.75) is 82.2 Å². The Bertz CT molecular complexity index is 1450. The molecule has 1 amide bonds. The number of likely N-dealkylation sites (tertiary alicyclic amines) is 1. The van der Waals surface area contributed by atoms with E-state index in [1.165, 1.54) is 11.1 Å². The molecule has 1 aromatic carbocycles. The topological polar surface area (TPSA) is 112 Å². The Labute approximate surface area is 259 Å². The fraction of sp³-hybridized carbons (Fsp3) is 0.576. The second kappa shape index (κ2) is 12.7. The number of ether oxygens (including phenoxy) is 1. The molecule has 2 saturated heterocycles. The normalized spacial score (nSPS) is 23.5. The zero-order chi connectivity index (χ0) is 30.0. The SMILES string of the molecule is Cn1cc(N2CCC(Nc3cc(C(=O)N4CC[C@@H](N5CCc6ccccc6C5)[C@H](O)C4)nc(OC4CCCC4)n3)CC2)cn1. The van der Waals surface area contributed by atoms with Crippen molar-refractivity contribution in [1.82, 2.24) is 29.5 Å². The van der Waals surface area contributed by atoms with Crippen LogP contribution in [0.15, 0.2) is 42.7 Å². The van der Waals surface area contributed by atoms with Crippen LogP contribution in [-0.4, -0.2) is 97.6 Å². The van der Waals surface area contributed by atoms with Crippen molar-refractivity contribution in [2.75, 3.05) is 42.9 Å². The molecular weight excluding hydrogens is 556 g/mol. The molecule has 2 N–H and O–H groups in total. The van der Waals surface area contributed by atoms with Gasteiger partial charge in [-0.1, -0.05) is 24.3 Å². The molecule has 2 aromatic heterocycles. The summed E-state index contributed by atoms with van der Waals surface area (Å²) in [6.07, 6.45) is 11.3. The monoisotopic (exact) mass is 600 g/mol. The molecule has 3 fully saturated rings. The Hall–Kier alpha value is -3.70. The van der Waals surface area contributed by atoms with Gasteiger partial charge in [0.15, 0.2) is 0 Å². The number of β-amino-alcohol motifs (C(OH)–C–C–N with tert-alkyl or cyclic N) is 1. The van der Waals surface area contributed by atoms with Crippen LogP contribution < -0.4 is 15.0 Å². The summed E-state index contributed by atoms with van der Waals surface area (Å²) in [7, 11) is 1.94. The number of anilines is 2. The Morgan fingerprint density at radius 1 is 1.00 bits per heavy atom. The van der Waals surface area contributed by atoms with Gasteiger partial charge in [0.2, 0.25) is 0 Å². The van der Waals surface area contributed by atoms with Crippen LogP contribution in [0.25, 0.3) is 0 Å². The predicted octanol–water partition coefficient (Wildman–Crippen LogP) is 3.25. The van der Waals surface area contributed by atoms with Crippen LogP contribution in [0.1, 0.15) is 66.6 Å². The van der Waals surface area contributed by atoms with E-state index in [1.54, 1.807) is 11.0 Å². The highest BCUT2D eigenvalue weighted by molar-refractivity contribution is 5.93. The highest BCUT2D eigenvalue weighted by Crippen LogP contribution is 2.28. The van der Waals surface area contributed by atoms with Crippen molar-refractivity contribution >= 4 is 17.4 Å². The van der Waals surface area contributed by atoms with E-state index in [0.29, 0.717) is 24.6 Å². The molecule has 0 radical (unpaired) electrons. The lowest BCUT2D eigenvalue weighted by atomic mass is 9.94. The van der Waals surface area contributed by atoms with Gasteiger partial charge in [0, 0.05) is 70.7 Å². The van der Waals surface area contributed by atoms with Gasteiger partial charge < -0.3 is 25.0 Å². The molecule has 3 aliphatic heterocycles. The van der Waals surface area contributed by atoms with E-state index in [0.717, 1.165) is 83.2 Å². The highest BCUT2D eigenvalue weighted by Gasteiger charge is 2.36. The molecule has 11 heteroatoms. The quantitative estimate of drug-likeness (QED) is 0.422. The van der Waals surface area contributed by atoms with Gasteiger partial charge in [-0.2, -0.15) is 15.1 Å². The third-order valence-electron chi connectivity index (χ3n) is 9.87. The van der Waals surface area contributed by atoms with Gasteiger partial charge >= 0.3 is 6.01 Å². The first-order valence-corrected chi connectivity index (χ1v) is 16.3. The van der Waals surface area contributed by atoms with Gasteiger partial charge in [0.1, 0.15) is 17.6 Å². The van der Waals surface area contributed by atoms with Crippen molar-refractivity contribution in [3.63, 3.8) is 0 Å². The minimum absolute atomic E-state index is 0.0360. The molecule has 2 atom stereocenters. The maximum Gasteiger partial charge on any atom is 0.319 e. The minimum Gasteiger partial charge on any atom is -0.460 e. The summed E-state index contributed by atoms with van der Waals surface area (Å²) in [5.74, 6) is 0.443. The fourth-order valence-electron chi connectivity index (χ4n) is 7.37. The predicted molar refractivity (Wildman–Crippen MR) is 168 cm³/mol.